The molecule has 3 aromatic carbocycles. The van der Waals surface area contributed by atoms with E-state index in [-0.39, 0.29) is 11.1 Å². The minimum absolute atomic E-state index is 0.249. The largest absolute Gasteiger partial charge is 0.416 e. The summed E-state index contributed by atoms with van der Waals surface area (Å²) in [4.78, 5) is 37.6. The number of aliphatic hydroxyl groups is 1. The number of carbonyl (C=O) groups excluding carboxylic acids is 3. The van der Waals surface area contributed by atoms with Crippen molar-refractivity contribution in [2.24, 2.45) is 5.73 Å². The Bertz CT molecular complexity index is 1200. The van der Waals surface area contributed by atoms with Crippen LogP contribution < -0.4 is 16.4 Å². The molecule has 3 atom stereocenters. The molecule has 0 saturated carbocycles. The van der Waals surface area contributed by atoms with Crippen molar-refractivity contribution in [2.75, 3.05) is 0 Å². The molecule has 0 fully saturated rings. The summed E-state index contributed by atoms with van der Waals surface area (Å²) in [5, 5.41) is 15.7. The number of rotatable bonds is 9. The molecular formula is C26H24F3N3O4. The number of benzene rings is 3. The lowest BCUT2D eigenvalue weighted by atomic mass is 9.97. The minimum atomic E-state index is -4.68. The zero-order chi connectivity index (χ0) is 26.3. The smallest absolute Gasteiger partial charge is 0.381 e. The van der Waals surface area contributed by atoms with Gasteiger partial charge in [-0.2, -0.15) is 13.2 Å². The van der Waals surface area contributed by atoms with E-state index in [9.17, 15) is 32.7 Å². The predicted molar refractivity (Wildman–Crippen MR) is 125 cm³/mol. The number of hydrogen-bond acceptors (Lipinski definition) is 4. The van der Waals surface area contributed by atoms with Gasteiger partial charge in [-0.15, -0.1) is 0 Å². The zero-order valence-corrected chi connectivity index (χ0v) is 18.9. The zero-order valence-electron chi connectivity index (χ0n) is 18.9. The summed E-state index contributed by atoms with van der Waals surface area (Å²) in [6.45, 7) is 0. The first-order valence-corrected chi connectivity index (χ1v) is 10.9. The van der Waals surface area contributed by atoms with Gasteiger partial charge in [0.15, 0.2) is 6.10 Å². The Kier molecular flexibility index (Phi) is 8.44. The molecule has 3 amide bonds. The van der Waals surface area contributed by atoms with Crippen LogP contribution in [0.5, 0.6) is 0 Å². The van der Waals surface area contributed by atoms with E-state index < -0.39 is 54.1 Å². The minimum Gasteiger partial charge on any atom is -0.381 e. The van der Waals surface area contributed by atoms with E-state index >= 15 is 0 Å². The predicted octanol–water partition coefficient (Wildman–Crippen LogP) is 2.75. The van der Waals surface area contributed by atoms with Crippen molar-refractivity contribution in [1.29, 1.82) is 0 Å². The molecule has 10 heteroatoms. The molecule has 3 rings (SSSR count). The second-order valence-corrected chi connectivity index (χ2v) is 8.00. The van der Waals surface area contributed by atoms with Gasteiger partial charge in [-0.3, -0.25) is 14.4 Å². The van der Waals surface area contributed by atoms with Gasteiger partial charge in [0, 0.05) is 12.0 Å². The fourth-order valence-electron chi connectivity index (χ4n) is 3.65. The second-order valence-electron chi connectivity index (χ2n) is 8.00. The first-order valence-electron chi connectivity index (χ1n) is 10.9. The van der Waals surface area contributed by atoms with E-state index in [1.807, 2.05) is 0 Å². The average molecular weight is 499 g/mol. The van der Waals surface area contributed by atoms with E-state index in [1.54, 1.807) is 60.7 Å². The van der Waals surface area contributed by atoms with Gasteiger partial charge in [-0.05, 0) is 29.3 Å². The van der Waals surface area contributed by atoms with Gasteiger partial charge in [-0.1, -0.05) is 66.7 Å². The average Bonchev–Trinajstić information content (AvgIpc) is 2.87. The topological polar surface area (TPSA) is 122 Å². The highest BCUT2D eigenvalue weighted by Crippen LogP contribution is 2.32. The Morgan fingerprint density at radius 2 is 1.39 bits per heavy atom. The molecule has 0 heterocycles. The van der Waals surface area contributed by atoms with Crippen molar-refractivity contribution in [1.82, 2.24) is 10.6 Å². The Morgan fingerprint density at radius 3 is 1.97 bits per heavy atom. The fourth-order valence-corrected chi connectivity index (χ4v) is 3.65. The van der Waals surface area contributed by atoms with Crippen LogP contribution in [0.25, 0.3) is 0 Å². The summed E-state index contributed by atoms with van der Waals surface area (Å²) in [6, 6.07) is 18.1. The van der Waals surface area contributed by atoms with Crippen LogP contribution in [0.4, 0.5) is 13.2 Å². The highest BCUT2D eigenvalue weighted by atomic mass is 19.4. The molecule has 0 saturated heterocycles. The van der Waals surface area contributed by atoms with Crippen LogP contribution in [0.15, 0.2) is 84.9 Å². The number of alkyl halides is 3. The SMILES string of the molecule is NC(=O)[C@H](Cc1ccccc1C(F)(F)F)NC(=O)[C@H](O)[C@@H](NC(=O)c1ccccc1)c1ccccc1. The molecule has 3 aromatic rings. The van der Waals surface area contributed by atoms with Crippen LogP contribution in [0.3, 0.4) is 0 Å². The lowest BCUT2D eigenvalue weighted by molar-refractivity contribution is -0.138. The molecule has 0 bridgehead atoms. The Balaban J connectivity index is 1.82. The maximum Gasteiger partial charge on any atom is 0.416 e. The molecule has 0 unspecified atom stereocenters. The van der Waals surface area contributed by atoms with Crippen molar-refractivity contribution in [3.05, 3.63) is 107 Å². The van der Waals surface area contributed by atoms with Crippen LogP contribution >= 0.6 is 0 Å². The summed E-state index contributed by atoms with van der Waals surface area (Å²) in [5.74, 6) is -2.75. The Hall–Kier alpha value is -4.18. The quantitative estimate of drug-likeness (QED) is 0.362. The highest BCUT2D eigenvalue weighted by molar-refractivity contribution is 5.95. The van der Waals surface area contributed by atoms with Gasteiger partial charge in [-0.25, -0.2) is 0 Å². The van der Waals surface area contributed by atoms with E-state index in [0.29, 0.717) is 5.56 Å². The standard InChI is InChI=1S/C26H24F3N3O4/c27-26(28,29)19-14-8-7-13-18(19)15-20(23(30)34)31-25(36)22(33)21(16-9-3-1-4-10-16)32-24(35)17-11-5-2-6-12-17/h1-14,20-22,33H,15H2,(H2,30,34)(H,31,36)(H,32,35)/t20-,21-,22+/m0/s1. The first-order chi connectivity index (χ1) is 17.1. The third-order valence-electron chi connectivity index (χ3n) is 5.47. The third-order valence-corrected chi connectivity index (χ3v) is 5.47. The van der Waals surface area contributed by atoms with Gasteiger partial charge >= 0.3 is 6.18 Å². The van der Waals surface area contributed by atoms with Gasteiger partial charge in [0.25, 0.3) is 11.8 Å². The number of hydrogen-bond donors (Lipinski definition) is 4. The molecular weight excluding hydrogens is 475 g/mol. The molecule has 0 radical (unpaired) electrons. The van der Waals surface area contributed by atoms with E-state index in [4.69, 9.17) is 5.73 Å². The van der Waals surface area contributed by atoms with Crippen LogP contribution in [-0.4, -0.2) is 35.0 Å². The van der Waals surface area contributed by atoms with Crippen molar-refractivity contribution in [2.45, 2.75) is 30.8 Å². The van der Waals surface area contributed by atoms with Crippen LogP contribution in [0, 0.1) is 0 Å². The van der Waals surface area contributed by atoms with Crippen molar-refractivity contribution >= 4 is 17.7 Å². The number of primary amides is 1. The fraction of sp³-hybridized carbons (Fsp3) is 0.192. The lowest BCUT2D eigenvalue weighted by Crippen LogP contribution is -2.52. The van der Waals surface area contributed by atoms with Crippen molar-refractivity contribution in [3.63, 3.8) is 0 Å². The molecule has 188 valence electrons. The maximum absolute atomic E-state index is 13.4. The number of nitrogens with one attached hydrogen (secondary N) is 2. The number of aliphatic hydroxyl groups excluding tert-OH is 1. The summed E-state index contributed by atoms with van der Waals surface area (Å²) in [7, 11) is 0. The molecule has 0 aromatic heterocycles. The monoisotopic (exact) mass is 499 g/mol. The van der Waals surface area contributed by atoms with Gasteiger partial charge in [0.1, 0.15) is 6.04 Å². The maximum atomic E-state index is 13.4. The molecule has 7 nitrogen and oxygen atoms in total. The number of amides is 3. The van der Waals surface area contributed by atoms with Gasteiger partial charge < -0.3 is 21.5 Å². The van der Waals surface area contributed by atoms with Crippen molar-refractivity contribution in [3.8, 4) is 0 Å². The van der Waals surface area contributed by atoms with Gasteiger partial charge in [0.05, 0.1) is 11.6 Å². The molecule has 5 N–H and O–H groups in total. The summed E-state index contributed by atoms with van der Waals surface area (Å²) in [6.07, 6.45) is -7.11. The second kappa shape index (κ2) is 11.5. The molecule has 0 aliphatic carbocycles. The van der Waals surface area contributed by atoms with Gasteiger partial charge in [0.2, 0.25) is 5.91 Å². The molecule has 0 spiro atoms. The van der Waals surface area contributed by atoms with Crippen molar-refractivity contribution < 1.29 is 32.7 Å². The normalized spacial score (nSPS) is 13.8. The summed E-state index contributed by atoms with van der Waals surface area (Å²) in [5.41, 5.74) is 4.80. The van der Waals surface area contributed by atoms with Crippen LogP contribution in [0.1, 0.15) is 33.1 Å². The number of halogens is 3. The Morgan fingerprint density at radius 1 is 0.833 bits per heavy atom. The molecule has 36 heavy (non-hydrogen) atoms. The van der Waals surface area contributed by atoms with E-state index in [1.165, 1.54) is 18.2 Å². The van der Waals surface area contributed by atoms with E-state index in [0.717, 1.165) is 6.07 Å². The Labute approximate surface area is 205 Å². The van der Waals surface area contributed by atoms with Crippen LogP contribution in [0.2, 0.25) is 0 Å². The number of carbonyl (C=O) groups is 3. The molecule has 0 aliphatic rings. The molecule has 0 aliphatic heterocycles. The first kappa shape index (κ1) is 26.4. The summed E-state index contributed by atoms with van der Waals surface area (Å²) >= 11 is 0. The lowest BCUT2D eigenvalue weighted by Gasteiger charge is -2.26. The van der Waals surface area contributed by atoms with E-state index in [2.05, 4.69) is 10.6 Å². The van der Waals surface area contributed by atoms with Crippen LogP contribution in [-0.2, 0) is 22.2 Å². The highest BCUT2D eigenvalue weighted by Gasteiger charge is 2.35. The summed E-state index contributed by atoms with van der Waals surface area (Å²) < 4.78 is 40.1. The number of nitrogens with two attached hydrogens (primary N) is 1. The third kappa shape index (κ3) is 6.70.